The van der Waals surface area contributed by atoms with E-state index in [-0.39, 0.29) is 17.7 Å². The SMILES string of the molecule is O=C(O)c1cccc2nc(NC3(CO)CCC3)ccc12. The van der Waals surface area contributed by atoms with Gasteiger partial charge in [0.25, 0.3) is 0 Å². The van der Waals surface area contributed by atoms with E-state index in [2.05, 4.69) is 10.3 Å². The first-order valence-corrected chi connectivity index (χ1v) is 6.66. The first-order valence-electron chi connectivity index (χ1n) is 6.66. The maximum absolute atomic E-state index is 11.2. The van der Waals surface area contributed by atoms with Crippen LogP contribution in [0.4, 0.5) is 5.82 Å². The van der Waals surface area contributed by atoms with E-state index < -0.39 is 5.97 Å². The predicted molar refractivity (Wildman–Crippen MR) is 76.0 cm³/mol. The van der Waals surface area contributed by atoms with Gasteiger partial charge in [-0.1, -0.05) is 6.07 Å². The number of aliphatic hydroxyl groups excluding tert-OH is 1. The second kappa shape index (κ2) is 4.76. The van der Waals surface area contributed by atoms with Crippen LogP contribution >= 0.6 is 0 Å². The fourth-order valence-electron chi connectivity index (χ4n) is 2.61. The maximum Gasteiger partial charge on any atom is 0.336 e. The van der Waals surface area contributed by atoms with Gasteiger partial charge in [0.2, 0.25) is 0 Å². The molecule has 0 unspecified atom stereocenters. The molecule has 1 aliphatic carbocycles. The summed E-state index contributed by atoms with van der Waals surface area (Å²) in [6.45, 7) is 0.0852. The summed E-state index contributed by atoms with van der Waals surface area (Å²) in [4.78, 5) is 15.6. The number of hydrogen-bond donors (Lipinski definition) is 3. The molecule has 20 heavy (non-hydrogen) atoms. The van der Waals surface area contributed by atoms with E-state index >= 15 is 0 Å². The van der Waals surface area contributed by atoms with Gasteiger partial charge >= 0.3 is 5.97 Å². The number of fused-ring (bicyclic) bond motifs is 1. The molecule has 0 saturated heterocycles. The Bertz CT molecular complexity index is 660. The summed E-state index contributed by atoms with van der Waals surface area (Å²) in [5.41, 5.74) is 0.634. The standard InChI is InChI=1S/C15H16N2O3/c18-9-15(7-2-8-15)17-13-6-5-10-11(14(19)20)3-1-4-12(10)16-13/h1,3-6,18H,2,7-9H2,(H,16,17)(H,19,20). The van der Waals surface area contributed by atoms with Crippen molar-refractivity contribution in [3.63, 3.8) is 0 Å². The molecule has 1 fully saturated rings. The topological polar surface area (TPSA) is 82.5 Å². The van der Waals surface area contributed by atoms with Crippen LogP contribution in [0.1, 0.15) is 29.6 Å². The molecule has 0 spiro atoms. The Morgan fingerprint density at radius 3 is 2.70 bits per heavy atom. The van der Waals surface area contributed by atoms with E-state index in [1.807, 2.05) is 0 Å². The monoisotopic (exact) mass is 272 g/mol. The van der Waals surface area contributed by atoms with Crippen LogP contribution in [0.5, 0.6) is 0 Å². The molecule has 1 heterocycles. The third kappa shape index (κ3) is 2.10. The van der Waals surface area contributed by atoms with Crippen LogP contribution in [0.25, 0.3) is 10.9 Å². The zero-order chi connectivity index (χ0) is 14.2. The van der Waals surface area contributed by atoms with E-state index in [0.717, 1.165) is 19.3 Å². The van der Waals surface area contributed by atoms with Gasteiger partial charge in [-0.2, -0.15) is 0 Å². The van der Waals surface area contributed by atoms with E-state index in [1.54, 1.807) is 30.3 Å². The van der Waals surface area contributed by atoms with Gasteiger partial charge in [0, 0.05) is 5.39 Å². The fourth-order valence-corrected chi connectivity index (χ4v) is 2.61. The lowest BCUT2D eigenvalue weighted by Crippen LogP contribution is -2.48. The number of nitrogens with one attached hydrogen (secondary N) is 1. The van der Waals surface area contributed by atoms with Gasteiger partial charge in [-0.25, -0.2) is 9.78 Å². The lowest BCUT2D eigenvalue weighted by atomic mass is 9.77. The Kier molecular flexibility index (Phi) is 3.06. The minimum absolute atomic E-state index is 0.0852. The van der Waals surface area contributed by atoms with Crippen molar-refractivity contribution < 1.29 is 15.0 Å². The van der Waals surface area contributed by atoms with Crippen LogP contribution in [0, 0.1) is 0 Å². The van der Waals surface area contributed by atoms with Gasteiger partial charge in [-0.3, -0.25) is 0 Å². The molecule has 1 saturated carbocycles. The molecule has 1 aromatic carbocycles. The lowest BCUT2D eigenvalue weighted by molar-refractivity contribution is 0.0699. The van der Waals surface area contributed by atoms with Crippen molar-refractivity contribution in [1.29, 1.82) is 0 Å². The van der Waals surface area contributed by atoms with E-state index in [4.69, 9.17) is 5.11 Å². The fraction of sp³-hybridized carbons (Fsp3) is 0.333. The number of benzene rings is 1. The van der Waals surface area contributed by atoms with Crippen molar-refractivity contribution in [3.05, 3.63) is 35.9 Å². The number of rotatable bonds is 4. The molecule has 1 aliphatic rings. The van der Waals surface area contributed by atoms with Crippen molar-refractivity contribution in [2.24, 2.45) is 0 Å². The number of aliphatic hydroxyl groups is 1. The smallest absolute Gasteiger partial charge is 0.336 e. The Morgan fingerprint density at radius 2 is 2.10 bits per heavy atom. The predicted octanol–water partition coefficient (Wildman–Crippen LogP) is 2.26. The van der Waals surface area contributed by atoms with Gasteiger partial charge in [-0.05, 0) is 43.5 Å². The highest BCUT2D eigenvalue weighted by Crippen LogP contribution is 2.34. The highest BCUT2D eigenvalue weighted by atomic mass is 16.4. The van der Waals surface area contributed by atoms with Crippen molar-refractivity contribution >= 4 is 22.7 Å². The number of nitrogens with zero attached hydrogens (tertiary/aromatic N) is 1. The molecule has 3 rings (SSSR count). The van der Waals surface area contributed by atoms with Gasteiger partial charge in [0.05, 0.1) is 23.2 Å². The summed E-state index contributed by atoms with van der Waals surface area (Å²) < 4.78 is 0. The molecule has 104 valence electrons. The van der Waals surface area contributed by atoms with Crippen LogP contribution in [0.2, 0.25) is 0 Å². The number of pyridine rings is 1. The molecule has 0 aliphatic heterocycles. The molecular weight excluding hydrogens is 256 g/mol. The molecule has 0 atom stereocenters. The van der Waals surface area contributed by atoms with Gasteiger partial charge in [0.1, 0.15) is 5.82 Å². The zero-order valence-corrected chi connectivity index (χ0v) is 11.0. The van der Waals surface area contributed by atoms with Gasteiger partial charge in [-0.15, -0.1) is 0 Å². The van der Waals surface area contributed by atoms with Crippen molar-refractivity contribution in [1.82, 2.24) is 4.98 Å². The second-order valence-electron chi connectivity index (χ2n) is 5.29. The number of aromatic carboxylic acids is 1. The summed E-state index contributed by atoms with van der Waals surface area (Å²) in [6, 6.07) is 8.58. The minimum atomic E-state index is -0.955. The summed E-state index contributed by atoms with van der Waals surface area (Å²) in [6.07, 6.45) is 2.96. The summed E-state index contributed by atoms with van der Waals surface area (Å²) in [5, 5.41) is 22.5. The molecule has 0 amide bonds. The molecule has 1 aromatic heterocycles. The Labute approximate surface area is 116 Å². The van der Waals surface area contributed by atoms with Crippen LogP contribution in [-0.2, 0) is 0 Å². The van der Waals surface area contributed by atoms with Gasteiger partial charge in [0.15, 0.2) is 0 Å². The molecule has 5 heteroatoms. The summed E-state index contributed by atoms with van der Waals surface area (Å²) >= 11 is 0. The van der Waals surface area contributed by atoms with E-state index in [9.17, 15) is 9.90 Å². The van der Waals surface area contributed by atoms with Crippen LogP contribution in [0.3, 0.4) is 0 Å². The Hall–Kier alpha value is -2.14. The average Bonchev–Trinajstić information content (AvgIpc) is 2.41. The van der Waals surface area contributed by atoms with Crippen molar-refractivity contribution in [2.75, 3.05) is 11.9 Å². The van der Waals surface area contributed by atoms with Crippen molar-refractivity contribution in [2.45, 2.75) is 24.8 Å². The van der Waals surface area contributed by atoms with Crippen LogP contribution in [-0.4, -0.2) is 33.3 Å². The second-order valence-corrected chi connectivity index (χ2v) is 5.29. The Balaban J connectivity index is 1.97. The highest BCUT2D eigenvalue weighted by Gasteiger charge is 2.36. The number of carboxylic acid groups (broad SMARTS) is 1. The molecule has 2 aromatic rings. The largest absolute Gasteiger partial charge is 0.478 e. The molecule has 3 N–H and O–H groups in total. The van der Waals surface area contributed by atoms with Crippen molar-refractivity contribution in [3.8, 4) is 0 Å². The first-order chi connectivity index (χ1) is 9.63. The third-order valence-electron chi connectivity index (χ3n) is 3.97. The molecular formula is C15H16N2O3. The number of aromatic nitrogens is 1. The highest BCUT2D eigenvalue weighted by molar-refractivity contribution is 6.02. The average molecular weight is 272 g/mol. The number of carboxylic acids is 1. The molecule has 0 radical (unpaired) electrons. The minimum Gasteiger partial charge on any atom is -0.478 e. The maximum atomic E-state index is 11.2. The van der Waals surface area contributed by atoms with Crippen LogP contribution < -0.4 is 5.32 Å². The van der Waals surface area contributed by atoms with E-state index in [0.29, 0.717) is 16.7 Å². The summed E-state index contributed by atoms with van der Waals surface area (Å²) in [7, 11) is 0. The zero-order valence-electron chi connectivity index (χ0n) is 11.0. The number of hydrogen-bond acceptors (Lipinski definition) is 4. The van der Waals surface area contributed by atoms with E-state index in [1.165, 1.54) is 0 Å². The van der Waals surface area contributed by atoms with Crippen LogP contribution in [0.15, 0.2) is 30.3 Å². The summed E-state index contributed by atoms with van der Waals surface area (Å²) in [5.74, 6) is -0.280. The number of anilines is 1. The Morgan fingerprint density at radius 1 is 1.30 bits per heavy atom. The third-order valence-corrected chi connectivity index (χ3v) is 3.97. The first kappa shape index (κ1) is 12.9. The van der Waals surface area contributed by atoms with Gasteiger partial charge < -0.3 is 15.5 Å². The molecule has 5 nitrogen and oxygen atoms in total. The molecule has 0 bridgehead atoms. The lowest BCUT2D eigenvalue weighted by Gasteiger charge is -2.41. The quantitative estimate of drug-likeness (QED) is 0.795. The number of carbonyl (C=O) groups is 1. The normalized spacial score (nSPS) is 16.6.